The minimum Gasteiger partial charge on any atom is -0.353 e. The maximum absolute atomic E-state index is 13.2. The van der Waals surface area contributed by atoms with Gasteiger partial charge in [-0.3, -0.25) is 14.5 Å². The molecule has 0 saturated carbocycles. The third-order valence-corrected chi connectivity index (χ3v) is 7.02. The summed E-state index contributed by atoms with van der Waals surface area (Å²) in [6.45, 7) is 11.5. The number of carbonyl (C=O) groups excluding carboxylic acids is 1. The van der Waals surface area contributed by atoms with Crippen molar-refractivity contribution < 1.29 is 4.79 Å². The Morgan fingerprint density at radius 3 is 2.61 bits per heavy atom. The Bertz CT molecular complexity index is 1190. The van der Waals surface area contributed by atoms with Crippen molar-refractivity contribution in [1.82, 2.24) is 24.6 Å². The molecule has 1 aliphatic rings. The van der Waals surface area contributed by atoms with E-state index in [9.17, 15) is 9.59 Å². The van der Waals surface area contributed by atoms with Crippen molar-refractivity contribution in [2.75, 3.05) is 19.6 Å². The van der Waals surface area contributed by atoms with Crippen molar-refractivity contribution in [3.8, 4) is 0 Å². The van der Waals surface area contributed by atoms with Crippen molar-refractivity contribution >= 4 is 16.7 Å². The van der Waals surface area contributed by atoms with E-state index in [2.05, 4.69) is 58.0 Å². The molecule has 3 heterocycles. The van der Waals surface area contributed by atoms with Crippen molar-refractivity contribution in [3.05, 3.63) is 63.3 Å². The molecule has 1 unspecified atom stereocenters. The molecule has 1 saturated heterocycles. The molecule has 1 aliphatic heterocycles. The average molecular weight is 450 g/mol. The van der Waals surface area contributed by atoms with E-state index in [1.807, 2.05) is 13.8 Å². The van der Waals surface area contributed by atoms with E-state index in [0.717, 1.165) is 29.9 Å². The Kier molecular flexibility index (Phi) is 6.98. The minimum absolute atomic E-state index is 0.0635. The van der Waals surface area contributed by atoms with E-state index in [0.29, 0.717) is 24.5 Å². The molecule has 2 aromatic heterocycles. The molecule has 1 N–H and O–H groups in total. The number of piperidine rings is 1. The van der Waals surface area contributed by atoms with E-state index in [-0.39, 0.29) is 18.0 Å². The van der Waals surface area contributed by atoms with Crippen LogP contribution in [0.3, 0.4) is 0 Å². The van der Waals surface area contributed by atoms with Crippen molar-refractivity contribution in [2.24, 2.45) is 0 Å². The van der Waals surface area contributed by atoms with Crippen LogP contribution >= 0.6 is 0 Å². The summed E-state index contributed by atoms with van der Waals surface area (Å²) in [4.78, 5) is 28.1. The molecule has 0 bridgehead atoms. The van der Waals surface area contributed by atoms with E-state index in [1.54, 1.807) is 6.20 Å². The molecule has 7 heteroatoms. The molecular formula is C26H35N5O2. The highest BCUT2D eigenvalue weighted by Crippen LogP contribution is 2.23. The molecule has 4 rings (SSSR count). The number of rotatable bonds is 7. The minimum atomic E-state index is -0.212. The number of benzene rings is 1. The second-order valence-electron chi connectivity index (χ2n) is 9.37. The van der Waals surface area contributed by atoms with Gasteiger partial charge in [0.1, 0.15) is 6.54 Å². The van der Waals surface area contributed by atoms with Gasteiger partial charge in [0.05, 0.1) is 11.6 Å². The number of fused-ring (bicyclic) bond motifs is 1. The topological polar surface area (TPSA) is 72.2 Å². The molecule has 7 nitrogen and oxygen atoms in total. The van der Waals surface area contributed by atoms with Gasteiger partial charge < -0.3 is 9.88 Å². The smallest absolute Gasteiger partial charge is 0.276 e. The largest absolute Gasteiger partial charge is 0.353 e. The van der Waals surface area contributed by atoms with Crippen LogP contribution in [0, 0.1) is 20.8 Å². The molecule has 1 amide bonds. The number of hydrogen-bond donors (Lipinski definition) is 1. The number of amides is 1. The summed E-state index contributed by atoms with van der Waals surface area (Å²) in [6.07, 6.45) is 5.44. The van der Waals surface area contributed by atoms with Gasteiger partial charge in [-0.2, -0.15) is 5.10 Å². The third-order valence-electron chi connectivity index (χ3n) is 7.02. The number of nitrogens with one attached hydrogen (secondary N) is 1. The fourth-order valence-corrected chi connectivity index (χ4v) is 4.89. The highest BCUT2D eigenvalue weighted by Gasteiger charge is 2.19. The Morgan fingerprint density at radius 1 is 1.12 bits per heavy atom. The molecule has 1 fully saturated rings. The van der Waals surface area contributed by atoms with Gasteiger partial charge in [-0.05, 0) is 52.6 Å². The summed E-state index contributed by atoms with van der Waals surface area (Å²) in [5.74, 6) is -0.179. The Hall–Kier alpha value is -2.93. The average Bonchev–Trinajstić information content (AvgIpc) is 3.03. The lowest BCUT2D eigenvalue weighted by atomic mass is 10.0. The molecule has 176 valence electrons. The van der Waals surface area contributed by atoms with Crippen LogP contribution in [0.2, 0.25) is 0 Å². The Morgan fingerprint density at radius 2 is 1.88 bits per heavy atom. The lowest BCUT2D eigenvalue weighted by Crippen LogP contribution is -2.43. The number of aromatic nitrogens is 3. The van der Waals surface area contributed by atoms with Gasteiger partial charge in [-0.25, -0.2) is 4.68 Å². The van der Waals surface area contributed by atoms with E-state index < -0.39 is 0 Å². The van der Waals surface area contributed by atoms with E-state index >= 15 is 0 Å². The van der Waals surface area contributed by atoms with E-state index in [1.165, 1.54) is 35.1 Å². The first-order valence-electron chi connectivity index (χ1n) is 12.0. The van der Waals surface area contributed by atoms with Crippen LogP contribution in [-0.4, -0.2) is 50.8 Å². The standard InChI is InChI=1S/C26H35N5O2/c1-18-8-10-22(11-9-18)16-30-20(3)23-15-28-31(26(33)25(23)21(30)4)17-24(32)27-12-14-29-13-6-5-7-19(29)2/h8-11,15,19H,5-7,12-14,16-17H2,1-4H3,(H,27,32). The highest BCUT2D eigenvalue weighted by molar-refractivity contribution is 5.87. The predicted molar refractivity (Wildman–Crippen MR) is 132 cm³/mol. The van der Waals surface area contributed by atoms with Gasteiger partial charge in [0.25, 0.3) is 5.56 Å². The number of hydrogen-bond acceptors (Lipinski definition) is 4. The summed E-state index contributed by atoms with van der Waals surface area (Å²) in [6, 6.07) is 9.00. The zero-order valence-electron chi connectivity index (χ0n) is 20.2. The second kappa shape index (κ2) is 9.91. The summed E-state index contributed by atoms with van der Waals surface area (Å²) in [5, 5.41) is 8.76. The molecule has 0 radical (unpaired) electrons. The van der Waals surface area contributed by atoms with Crippen LogP contribution in [0.4, 0.5) is 0 Å². The summed E-state index contributed by atoms with van der Waals surface area (Å²) < 4.78 is 3.44. The maximum atomic E-state index is 13.2. The van der Waals surface area contributed by atoms with Crippen LogP contribution in [0.5, 0.6) is 0 Å². The third kappa shape index (κ3) is 5.03. The number of carbonyl (C=O) groups is 1. The maximum Gasteiger partial charge on any atom is 0.276 e. The summed E-state index contributed by atoms with van der Waals surface area (Å²) in [5.41, 5.74) is 4.11. The first-order valence-corrected chi connectivity index (χ1v) is 12.0. The molecule has 1 aromatic carbocycles. The fraction of sp³-hybridized carbons (Fsp3) is 0.500. The molecule has 1 atom stereocenters. The Labute approximate surface area is 195 Å². The molecule has 3 aromatic rings. The highest BCUT2D eigenvalue weighted by atomic mass is 16.2. The lowest BCUT2D eigenvalue weighted by molar-refractivity contribution is -0.122. The summed E-state index contributed by atoms with van der Waals surface area (Å²) in [7, 11) is 0. The van der Waals surface area contributed by atoms with Gasteiger partial charge in [0.15, 0.2) is 0 Å². The first-order chi connectivity index (χ1) is 15.8. The molecule has 33 heavy (non-hydrogen) atoms. The summed E-state index contributed by atoms with van der Waals surface area (Å²) >= 11 is 0. The van der Waals surface area contributed by atoms with Crippen LogP contribution in [0.25, 0.3) is 10.8 Å². The van der Waals surface area contributed by atoms with Crippen LogP contribution in [0.15, 0.2) is 35.3 Å². The number of likely N-dealkylation sites (tertiary alicyclic amines) is 1. The Balaban J connectivity index is 1.47. The molecule has 0 aliphatic carbocycles. The lowest BCUT2D eigenvalue weighted by Gasteiger charge is -2.33. The monoisotopic (exact) mass is 449 g/mol. The quantitative estimate of drug-likeness (QED) is 0.601. The van der Waals surface area contributed by atoms with Gasteiger partial charge in [0, 0.05) is 42.5 Å². The number of nitrogens with zero attached hydrogens (tertiary/aromatic N) is 4. The zero-order valence-corrected chi connectivity index (χ0v) is 20.2. The molecule has 0 spiro atoms. The SMILES string of the molecule is Cc1ccc(Cn2c(C)c3cnn(CC(=O)NCCN4CCCCC4C)c(=O)c3c2C)cc1. The second-order valence-corrected chi connectivity index (χ2v) is 9.37. The first kappa shape index (κ1) is 23.2. The molecular weight excluding hydrogens is 414 g/mol. The van der Waals surface area contributed by atoms with Crippen LogP contribution < -0.4 is 10.9 Å². The van der Waals surface area contributed by atoms with Crippen LogP contribution in [0.1, 0.15) is 48.7 Å². The van der Waals surface area contributed by atoms with Crippen molar-refractivity contribution in [1.29, 1.82) is 0 Å². The normalized spacial score (nSPS) is 16.9. The van der Waals surface area contributed by atoms with E-state index in [4.69, 9.17) is 0 Å². The van der Waals surface area contributed by atoms with Crippen molar-refractivity contribution in [2.45, 2.75) is 66.1 Å². The van der Waals surface area contributed by atoms with Crippen molar-refractivity contribution in [3.63, 3.8) is 0 Å². The fourth-order valence-electron chi connectivity index (χ4n) is 4.89. The van der Waals surface area contributed by atoms with Gasteiger partial charge in [-0.1, -0.05) is 36.2 Å². The predicted octanol–water partition coefficient (Wildman–Crippen LogP) is 3.16. The van der Waals surface area contributed by atoms with Gasteiger partial charge >= 0.3 is 0 Å². The zero-order chi connectivity index (χ0) is 23.5. The van der Waals surface area contributed by atoms with Gasteiger partial charge in [-0.15, -0.1) is 0 Å². The van der Waals surface area contributed by atoms with Gasteiger partial charge in [0.2, 0.25) is 5.91 Å². The number of aryl methyl sites for hydroxylation is 3. The van der Waals surface area contributed by atoms with Crippen LogP contribution in [-0.2, 0) is 17.9 Å².